The Morgan fingerprint density at radius 2 is 1.56 bits per heavy atom. The molecule has 5 heteroatoms. The normalized spacial score (nSPS) is 13.1. The van der Waals surface area contributed by atoms with Crippen LogP contribution in [0.3, 0.4) is 0 Å². The molecule has 4 aromatic carbocycles. The second-order valence-electron chi connectivity index (χ2n) is 10.6. The highest BCUT2D eigenvalue weighted by Gasteiger charge is 2.35. The van der Waals surface area contributed by atoms with Crippen molar-refractivity contribution in [2.24, 2.45) is 0 Å². The molecule has 1 saturated carbocycles. The van der Waals surface area contributed by atoms with Gasteiger partial charge < -0.3 is 14.8 Å². The molecule has 1 heterocycles. The van der Waals surface area contributed by atoms with Crippen molar-refractivity contribution in [1.82, 2.24) is 14.8 Å². The van der Waals surface area contributed by atoms with Crippen LogP contribution >= 0.6 is 0 Å². The molecule has 0 unspecified atom stereocenters. The first kappa shape index (κ1) is 24.9. The zero-order valence-electron chi connectivity index (χ0n) is 22.3. The van der Waals surface area contributed by atoms with Crippen LogP contribution < -0.4 is 0 Å². The summed E-state index contributed by atoms with van der Waals surface area (Å²) >= 11 is 0. The fourth-order valence-electron chi connectivity index (χ4n) is 5.36. The number of aryl methyl sites for hydroxylation is 1. The maximum Gasteiger partial charge on any atom is 0.255 e. The van der Waals surface area contributed by atoms with Crippen LogP contribution in [0, 0.1) is 6.92 Å². The van der Waals surface area contributed by atoms with E-state index in [9.17, 15) is 9.59 Å². The number of nitrogens with one attached hydrogen (secondary N) is 1. The van der Waals surface area contributed by atoms with E-state index < -0.39 is 0 Å². The number of carbonyl (C=O) groups excluding carboxylic acids is 2. The Bertz CT molecular complexity index is 1630. The average Bonchev–Trinajstić information content (AvgIpc) is 3.73. The number of nitrogens with zero attached hydrogens (tertiary/aromatic N) is 2. The molecule has 6 rings (SSSR count). The number of aromatic amines is 1. The topological polar surface area (TPSA) is 56.4 Å². The molecule has 39 heavy (non-hydrogen) atoms. The summed E-state index contributed by atoms with van der Waals surface area (Å²) in [4.78, 5) is 34.8. The monoisotopic (exact) mass is 515 g/mol. The molecule has 0 atom stereocenters. The van der Waals surface area contributed by atoms with E-state index in [4.69, 9.17) is 0 Å². The second kappa shape index (κ2) is 10.8. The number of amides is 2. The minimum Gasteiger partial charge on any atom is -0.361 e. The van der Waals surface area contributed by atoms with Crippen molar-refractivity contribution in [3.05, 3.63) is 119 Å². The molecular weight excluding hydrogens is 482 g/mol. The predicted octanol–water partition coefficient (Wildman–Crippen LogP) is 6.51. The van der Waals surface area contributed by atoms with E-state index in [0.717, 1.165) is 41.1 Å². The van der Waals surface area contributed by atoms with E-state index in [2.05, 4.69) is 48.3 Å². The maximum atomic E-state index is 13.9. The number of rotatable bonds is 9. The zero-order valence-corrected chi connectivity index (χ0v) is 22.3. The molecule has 0 aliphatic heterocycles. The van der Waals surface area contributed by atoms with E-state index >= 15 is 0 Å². The van der Waals surface area contributed by atoms with Gasteiger partial charge in [-0.25, -0.2) is 0 Å². The number of H-pyrrole nitrogens is 1. The van der Waals surface area contributed by atoms with E-state index in [-0.39, 0.29) is 24.4 Å². The van der Waals surface area contributed by atoms with E-state index in [1.54, 1.807) is 4.90 Å². The maximum absolute atomic E-state index is 13.9. The van der Waals surface area contributed by atoms with Crippen molar-refractivity contribution in [3.63, 3.8) is 0 Å². The zero-order chi connectivity index (χ0) is 26.8. The summed E-state index contributed by atoms with van der Waals surface area (Å²) < 4.78 is 0. The molecule has 2 amide bonds. The molecule has 196 valence electrons. The summed E-state index contributed by atoms with van der Waals surface area (Å²) in [5, 5.41) is 3.15. The van der Waals surface area contributed by atoms with Gasteiger partial charge in [0.2, 0.25) is 5.91 Å². The quantitative estimate of drug-likeness (QED) is 0.243. The summed E-state index contributed by atoms with van der Waals surface area (Å²) in [7, 11) is 0. The molecular formula is C34H33N3O2. The molecule has 1 aliphatic rings. The molecule has 0 bridgehead atoms. The largest absolute Gasteiger partial charge is 0.361 e. The van der Waals surface area contributed by atoms with E-state index in [1.165, 1.54) is 16.5 Å². The highest BCUT2D eigenvalue weighted by atomic mass is 16.2. The van der Waals surface area contributed by atoms with Gasteiger partial charge in [-0.2, -0.15) is 0 Å². The minimum absolute atomic E-state index is 0.0177. The van der Waals surface area contributed by atoms with Gasteiger partial charge in [0.05, 0.1) is 0 Å². The predicted molar refractivity (Wildman–Crippen MR) is 157 cm³/mol. The third kappa shape index (κ3) is 5.44. The number of carbonyl (C=O) groups is 2. The fraction of sp³-hybridized carbons (Fsp3) is 0.235. The summed E-state index contributed by atoms with van der Waals surface area (Å²) in [5.74, 6) is -0.0783. The van der Waals surface area contributed by atoms with E-state index in [0.29, 0.717) is 18.7 Å². The van der Waals surface area contributed by atoms with Gasteiger partial charge in [-0.15, -0.1) is 0 Å². The fourth-order valence-corrected chi connectivity index (χ4v) is 5.36. The smallest absolute Gasteiger partial charge is 0.255 e. The van der Waals surface area contributed by atoms with Crippen molar-refractivity contribution in [2.45, 2.75) is 38.8 Å². The standard InChI is InChI=1S/C34H33N3O2/c1-24-13-15-25(16-14-24)22-36(20-19-27-21-35-32-12-5-4-10-30(27)32)33(38)23-37(28-17-18-28)34(39)31-11-6-8-26-7-2-3-9-29(26)31/h2-16,21,28,35H,17-20,22-23H2,1H3. The number of benzene rings is 4. The van der Waals surface area contributed by atoms with Crippen molar-refractivity contribution in [2.75, 3.05) is 13.1 Å². The van der Waals surface area contributed by atoms with E-state index in [1.807, 2.05) is 65.7 Å². The average molecular weight is 516 g/mol. The third-order valence-electron chi connectivity index (χ3n) is 7.75. The molecule has 0 spiro atoms. The number of hydrogen-bond acceptors (Lipinski definition) is 2. The molecule has 5 nitrogen and oxygen atoms in total. The van der Waals surface area contributed by atoms with Gasteiger partial charge in [0.1, 0.15) is 6.54 Å². The Hall–Kier alpha value is -4.38. The van der Waals surface area contributed by atoms with Crippen LogP contribution in [0.4, 0.5) is 0 Å². The number of para-hydroxylation sites is 1. The van der Waals surface area contributed by atoms with Crippen molar-refractivity contribution >= 4 is 33.5 Å². The van der Waals surface area contributed by atoms with Crippen LogP contribution in [0.15, 0.2) is 97.2 Å². The molecule has 1 fully saturated rings. The number of fused-ring (bicyclic) bond motifs is 2. The molecule has 5 aromatic rings. The first-order chi connectivity index (χ1) is 19.1. The summed E-state index contributed by atoms with van der Waals surface area (Å²) in [5.41, 5.74) is 5.24. The van der Waals surface area contributed by atoms with Gasteiger partial charge in [-0.05, 0) is 60.2 Å². The van der Waals surface area contributed by atoms with Crippen LogP contribution in [0.1, 0.15) is 39.9 Å². The lowest BCUT2D eigenvalue weighted by atomic mass is 10.0. The SMILES string of the molecule is Cc1ccc(CN(CCc2c[nH]c3ccccc23)C(=O)CN(C(=O)c2cccc3ccccc23)C2CC2)cc1. The van der Waals surface area contributed by atoms with Crippen LogP contribution in [0.25, 0.3) is 21.7 Å². The van der Waals surface area contributed by atoms with Crippen LogP contribution in [-0.2, 0) is 17.8 Å². The lowest BCUT2D eigenvalue weighted by Crippen LogP contribution is -2.44. The first-order valence-corrected chi connectivity index (χ1v) is 13.7. The van der Waals surface area contributed by atoms with Gasteiger partial charge in [0.15, 0.2) is 0 Å². The Morgan fingerprint density at radius 3 is 2.36 bits per heavy atom. The molecule has 0 saturated heterocycles. The van der Waals surface area contributed by atoms with Crippen LogP contribution in [-0.4, -0.2) is 45.7 Å². The Morgan fingerprint density at radius 1 is 0.846 bits per heavy atom. The minimum atomic E-state index is -0.0606. The highest BCUT2D eigenvalue weighted by molar-refractivity contribution is 6.08. The first-order valence-electron chi connectivity index (χ1n) is 13.7. The summed E-state index contributed by atoms with van der Waals surface area (Å²) in [6, 6.07) is 30.5. The van der Waals surface area contributed by atoms with Gasteiger partial charge in [-0.1, -0.05) is 84.4 Å². The number of hydrogen-bond donors (Lipinski definition) is 1. The molecule has 1 aromatic heterocycles. The van der Waals surface area contributed by atoms with Gasteiger partial charge in [-0.3, -0.25) is 9.59 Å². The Labute approximate surface area is 229 Å². The second-order valence-corrected chi connectivity index (χ2v) is 10.6. The van der Waals surface area contributed by atoms with Crippen LogP contribution in [0.5, 0.6) is 0 Å². The lowest BCUT2D eigenvalue weighted by Gasteiger charge is -2.28. The van der Waals surface area contributed by atoms with Crippen molar-refractivity contribution < 1.29 is 9.59 Å². The van der Waals surface area contributed by atoms with Gasteiger partial charge in [0.25, 0.3) is 5.91 Å². The van der Waals surface area contributed by atoms with Gasteiger partial charge in [0, 0.05) is 41.8 Å². The summed E-state index contributed by atoms with van der Waals surface area (Å²) in [6.45, 7) is 3.25. The van der Waals surface area contributed by atoms with Crippen molar-refractivity contribution in [1.29, 1.82) is 0 Å². The molecule has 0 radical (unpaired) electrons. The van der Waals surface area contributed by atoms with Gasteiger partial charge >= 0.3 is 0 Å². The van der Waals surface area contributed by atoms with Crippen LogP contribution in [0.2, 0.25) is 0 Å². The summed E-state index contributed by atoms with van der Waals surface area (Å²) in [6.07, 6.45) is 4.66. The Balaban J connectivity index is 1.25. The number of aromatic nitrogens is 1. The Kier molecular flexibility index (Phi) is 6.89. The third-order valence-corrected chi connectivity index (χ3v) is 7.75. The highest BCUT2D eigenvalue weighted by Crippen LogP contribution is 2.30. The molecule has 1 aliphatic carbocycles. The van der Waals surface area contributed by atoms with Crippen molar-refractivity contribution in [3.8, 4) is 0 Å². The lowest BCUT2D eigenvalue weighted by molar-refractivity contribution is -0.132. The molecule has 1 N–H and O–H groups in total.